The van der Waals surface area contributed by atoms with E-state index >= 15 is 0 Å². The van der Waals surface area contributed by atoms with Gasteiger partial charge in [-0.3, -0.25) is 0 Å². The first kappa shape index (κ1) is 44.9. The molecule has 0 rings (SSSR count). The Balaban J connectivity index is 4.64. The van der Waals surface area contributed by atoms with Crippen LogP contribution in [0.25, 0.3) is 0 Å². The first-order valence-corrected chi connectivity index (χ1v) is 22.3. The van der Waals surface area contributed by atoms with Crippen molar-refractivity contribution in [2.24, 2.45) is 0 Å². The molecule has 0 aromatic carbocycles. The molecule has 0 aromatic rings. The summed E-state index contributed by atoms with van der Waals surface area (Å²) in [6.07, 6.45) is 42.9. The first-order valence-electron chi connectivity index (χ1n) is 20.7. The molecule has 0 aliphatic carbocycles. The lowest BCUT2D eigenvalue weighted by molar-refractivity contribution is -0.918. The Morgan fingerprint density at radius 3 is 0.689 bits per heavy atom. The Hall–Kier alpha value is -0.130. The molecule has 0 bridgehead atoms. The molecule has 0 aliphatic heterocycles. The third-order valence-electron chi connectivity index (χ3n) is 10.1. The van der Waals surface area contributed by atoms with Gasteiger partial charge < -0.3 is 9.04 Å². The van der Waals surface area contributed by atoms with Gasteiger partial charge in [0, 0.05) is 0 Å². The standard InChI is InChI=1S/C40H83NO3S/c1-4-7-10-13-16-19-22-25-28-31-34-37-41(40-45(42,43)44,38-35-32-29-26-23-20-17-14-11-8-5-2)39-36-33-30-27-24-21-18-15-12-9-6-3/h4-40H2,1-3H3. The van der Waals surface area contributed by atoms with Crippen molar-refractivity contribution in [3.05, 3.63) is 0 Å². The van der Waals surface area contributed by atoms with E-state index in [0.29, 0.717) is 4.48 Å². The lowest BCUT2D eigenvalue weighted by atomic mass is 10.0. The molecule has 0 N–H and O–H groups in total. The molecule has 0 heterocycles. The van der Waals surface area contributed by atoms with Crippen LogP contribution in [0.5, 0.6) is 0 Å². The van der Waals surface area contributed by atoms with Gasteiger partial charge in [0.1, 0.15) is 10.1 Å². The highest BCUT2D eigenvalue weighted by Crippen LogP contribution is 2.21. The fourth-order valence-electron chi connectivity index (χ4n) is 7.20. The molecule has 0 aliphatic rings. The number of rotatable bonds is 38. The van der Waals surface area contributed by atoms with Crippen LogP contribution < -0.4 is 0 Å². The van der Waals surface area contributed by atoms with Gasteiger partial charge in [-0.1, -0.05) is 194 Å². The van der Waals surface area contributed by atoms with Crippen LogP contribution in [0.4, 0.5) is 0 Å². The van der Waals surface area contributed by atoms with Gasteiger partial charge >= 0.3 is 0 Å². The summed E-state index contributed by atoms with van der Waals surface area (Å²) in [6, 6.07) is 0. The molecule has 4 nitrogen and oxygen atoms in total. The highest BCUT2D eigenvalue weighted by atomic mass is 32.2. The molecule has 45 heavy (non-hydrogen) atoms. The van der Waals surface area contributed by atoms with Crippen LogP contribution in [0.3, 0.4) is 0 Å². The van der Waals surface area contributed by atoms with Crippen molar-refractivity contribution < 1.29 is 17.5 Å². The molecule has 0 aromatic heterocycles. The second-order valence-corrected chi connectivity index (χ2v) is 16.2. The zero-order chi connectivity index (χ0) is 33.2. The van der Waals surface area contributed by atoms with E-state index in [2.05, 4.69) is 20.8 Å². The molecular weight excluding hydrogens is 575 g/mol. The normalized spacial score (nSPS) is 12.4. The maximum Gasteiger partial charge on any atom is 0.169 e. The van der Waals surface area contributed by atoms with E-state index in [1.807, 2.05) is 0 Å². The maximum absolute atomic E-state index is 12.2. The van der Waals surface area contributed by atoms with E-state index in [-0.39, 0.29) is 5.88 Å². The Bertz CT molecular complexity index is 616. The van der Waals surface area contributed by atoms with Gasteiger partial charge in [-0.15, -0.1) is 0 Å². The molecule has 0 saturated carbocycles. The van der Waals surface area contributed by atoms with Crippen molar-refractivity contribution in [2.75, 3.05) is 25.5 Å². The van der Waals surface area contributed by atoms with E-state index in [0.717, 1.165) is 38.9 Å². The fourth-order valence-corrected chi connectivity index (χ4v) is 8.26. The number of unbranched alkanes of at least 4 members (excludes halogenated alkanes) is 30. The summed E-state index contributed by atoms with van der Waals surface area (Å²) in [7, 11) is -4.25. The number of nitrogens with zero attached hydrogens (tertiary/aromatic N) is 1. The van der Waals surface area contributed by atoms with Gasteiger partial charge in [0.25, 0.3) is 0 Å². The molecular formula is C40H83NO3S. The zero-order valence-electron chi connectivity index (χ0n) is 31.2. The summed E-state index contributed by atoms with van der Waals surface area (Å²) >= 11 is 0. The summed E-state index contributed by atoms with van der Waals surface area (Å²) in [5.74, 6) is -0.194. The van der Waals surface area contributed by atoms with Crippen LogP contribution in [-0.2, 0) is 10.1 Å². The highest BCUT2D eigenvalue weighted by molar-refractivity contribution is 7.85. The van der Waals surface area contributed by atoms with E-state index < -0.39 is 10.1 Å². The van der Waals surface area contributed by atoms with Gasteiger partial charge in [-0.05, 0) is 38.5 Å². The summed E-state index contributed by atoms with van der Waals surface area (Å²) in [4.78, 5) is 0. The van der Waals surface area contributed by atoms with Gasteiger partial charge in [0.15, 0.2) is 5.88 Å². The summed E-state index contributed by atoms with van der Waals surface area (Å²) in [6.45, 7) is 9.43. The summed E-state index contributed by atoms with van der Waals surface area (Å²) < 4.78 is 37.1. The van der Waals surface area contributed by atoms with Gasteiger partial charge in [-0.2, -0.15) is 0 Å². The van der Waals surface area contributed by atoms with Gasteiger partial charge in [0.2, 0.25) is 0 Å². The minimum absolute atomic E-state index is 0.194. The van der Waals surface area contributed by atoms with Crippen LogP contribution >= 0.6 is 0 Å². The molecule has 0 atom stereocenters. The molecule has 0 saturated heterocycles. The minimum Gasteiger partial charge on any atom is -0.744 e. The summed E-state index contributed by atoms with van der Waals surface area (Å²) in [5, 5.41) is 0. The monoisotopic (exact) mass is 658 g/mol. The average Bonchev–Trinajstić information content (AvgIpc) is 3.00. The Morgan fingerprint density at radius 2 is 0.511 bits per heavy atom. The van der Waals surface area contributed by atoms with Crippen molar-refractivity contribution in [1.29, 1.82) is 0 Å². The third-order valence-corrected chi connectivity index (χ3v) is 11.0. The van der Waals surface area contributed by atoms with E-state index in [1.54, 1.807) is 0 Å². The molecule has 272 valence electrons. The van der Waals surface area contributed by atoms with Crippen molar-refractivity contribution >= 4 is 10.1 Å². The van der Waals surface area contributed by atoms with Crippen LogP contribution in [0, 0.1) is 0 Å². The quantitative estimate of drug-likeness (QED) is 0.0377. The molecule has 0 fully saturated rings. The fraction of sp³-hybridized carbons (Fsp3) is 1.00. The predicted molar refractivity (Wildman–Crippen MR) is 199 cm³/mol. The zero-order valence-corrected chi connectivity index (χ0v) is 32.1. The average molecular weight is 658 g/mol. The number of quaternary nitrogens is 1. The van der Waals surface area contributed by atoms with Crippen molar-refractivity contribution in [2.45, 2.75) is 233 Å². The molecule has 5 heteroatoms. The smallest absolute Gasteiger partial charge is 0.169 e. The molecule has 0 amide bonds. The van der Waals surface area contributed by atoms with Crippen LogP contribution in [0.1, 0.15) is 233 Å². The van der Waals surface area contributed by atoms with Crippen LogP contribution in [-0.4, -0.2) is 43.0 Å². The Labute approximate surface area is 285 Å². The molecule has 0 unspecified atom stereocenters. The third kappa shape index (κ3) is 33.6. The molecule has 0 spiro atoms. The van der Waals surface area contributed by atoms with Crippen molar-refractivity contribution in [3.63, 3.8) is 0 Å². The van der Waals surface area contributed by atoms with E-state index in [9.17, 15) is 13.0 Å². The Kier molecular flexibility index (Phi) is 33.7. The lowest BCUT2D eigenvalue weighted by Gasteiger charge is -2.39. The Morgan fingerprint density at radius 1 is 0.333 bits per heavy atom. The minimum atomic E-state index is -4.25. The van der Waals surface area contributed by atoms with Crippen molar-refractivity contribution in [3.8, 4) is 0 Å². The highest BCUT2D eigenvalue weighted by Gasteiger charge is 2.29. The number of hydrogen-bond acceptors (Lipinski definition) is 3. The maximum atomic E-state index is 12.2. The van der Waals surface area contributed by atoms with Crippen LogP contribution in [0.2, 0.25) is 0 Å². The first-order chi connectivity index (χ1) is 21.9. The second kappa shape index (κ2) is 33.8. The van der Waals surface area contributed by atoms with Crippen LogP contribution in [0.15, 0.2) is 0 Å². The van der Waals surface area contributed by atoms with Crippen molar-refractivity contribution in [1.82, 2.24) is 0 Å². The molecule has 0 radical (unpaired) electrons. The van der Waals surface area contributed by atoms with Gasteiger partial charge in [0.05, 0.1) is 19.6 Å². The van der Waals surface area contributed by atoms with E-state index in [1.165, 1.54) is 193 Å². The lowest BCUT2D eigenvalue weighted by Crippen LogP contribution is -2.53. The topological polar surface area (TPSA) is 57.2 Å². The van der Waals surface area contributed by atoms with E-state index in [4.69, 9.17) is 0 Å². The second-order valence-electron chi connectivity index (χ2n) is 14.8. The van der Waals surface area contributed by atoms with Gasteiger partial charge in [-0.25, -0.2) is 8.42 Å². The summed E-state index contributed by atoms with van der Waals surface area (Å²) in [5.41, 5.74) is 0. The SMILES string of the molecule is CCCCCCCCCCCCC[N+](CCCCCCCCCCCCC)(CCCCCCCCCCCCC)CS(=O)(=O)[O-]. The number of hydrogen-bond donors (Lipinski definition) is 0. The largest absolute Gasteiger partial charge is 0.744 e. The predicted octanol–water partition coefficient (Wildman–Crippen LogP) is 13.2.